The zero-order valence-electron chi connectivity index (χ0n) is 20.5. The van der Waals surface area contributed by atoms with Crippen molar-refractivity contribution in [1.29, 1.82) is 0 Å². The van der Waals surface area contributed by atoms with Crippen molar-refractivity contribution in [3.63, 3.8) is 0 Å². The van der Waals surface area contributed by atoms with Crippen LogP contribution < -0.4 is 16.0 Å². The first-order valence-electron chi connectivity index (χ1n) is 11.4. The molecule has 1 fully saturated rings. The van der Waals surface area contributed by atoms with Gasteiger partial charge in [-0.15, -0.1) is 0 Å². The number of hydrogen-bond donors (Lipinski definition) is 3. The number of piperazine rings is 1. The zero-order chi connectivity index (χ0) is 24.7. The number of hydrogen-bond acceptors (Lipinski definition) is 5. The second-order valence-electron chi connectivity index (χ2n) is 10.2. The minimum absolute atomic E-state index is 0.00507. The number of aliphatic imine (C=N–C) groups is 1. The second kappa shape index (κ2) is 8.72. The van der Waals surface area contributed by atoms with Crippen LogP contribution in [0, 0.1) is 5.82 Å². The van der Waals surface area contributed by atoms with Crippen LogP contribution in [0.2, 0.25) is 0 Å². The molecule has 4 rings (SSSR count). The Morgan fingerprint density at radius 2 is 1.76 bits per heavy atom. The van der Waals surface area contributed by atoms with Gasteiger partial charge in [0.1, 0.15) is 11.6 Å². The predicted octanol–water partition coefficient (Wildman–Crippen LogP) is 5.12. The van der Waals surface area contributed by atoms with Gasteiger partial charge in [0.25, 0.3) is 0 Å². The summed E-state index contributed by atoms with van der Waals surface area (Å²) in [4.78, 5) is 14.6. The molecule has 178 valence electrons. The quantitative estimate of drug-likeness (QED) is 0.364. The number of halogens is 1. The molecule has 1 aromatic carbocycles. The van der Waals surface area contributed by atoms with Crippen LogP contribution in [-0.2, 0) is 0 Å². The van der Waals surface area contributed by atoms with E-state index in [-0.39, 0.29) is 16.8 Å². The largest absolute Gasteiger partial charge is 0.396 e. The summed E-state index contributed by atoms with van der Waals surface area (Å²) in [5.74, 6) is 0.579. The standard InChI is InChI=1S/C27H33FN6/c1-7-17-10-19(18-11-20(13-30-6)24(29)21(28)12-18)14-31-25(17)22-8-9-23(32-22)34-15-26(2,3)33-27(4,5)16-34/h7-14,32-33H,1,15-16,29H2,2-6H3. The molecule has 0 radical (unpaired) electrons. The average molecular weight is 461 g/mol. The first-order valence-corrected chi connectivity index (χ1v) is 11.4. The summed E-state index contributed by atoms with van der Waals surface area (Å²) < 4.78 is 14.4. The summed E-state index contributed by atoms with van der Waals surface area (Å²) in [5, 5.41) is 3.71. The normalized spacial score (nSPS) is 17.3. The Morgan fingerprint density at radius 3 is 2.41 bits per heavy atom. The van der Waals surface area contributed by atoms with Gasteiger partial charge in [0.15, 0.2) is 0 Å². The maximum Gasteiger partial charge on any atom is 0.147 e. The van der Waals surface area contributed by atoms with E-state index in [4.69, 9.17) is 10.7 Å². The minimum Gasteiger partial charge on any atom is -0.396 e. The van der Waals surface area contributed by atoms with Gasteiger partial charge in [-0.05, 0) is 63.6 Å². The maximum absolute atomic E-state index is 14.4. The zero-order valence-corrected chi connectivity index (χ0v) is 20.5. The van der Waals surface area contributed by atoms with E-state index in [0.29, 0.717) is 11.1 Å². The Morgan fingerprint density at radius 1 is 1.09 bits per heavy atom. The lowest BCUT2D eigenvalue weighted by atomic mass is 9.91. The lowest BCUT2D eigenvalue weighted by molar-refractivity contribution is 0.225. The summed E-state index contributed by atoms with van der Waals surface area (Å²) in [6.45, 7) is 14.6. The van der Waals surface area contributed by atoms with Crippen molar-refractivity contribution in [2.45, 2.75) is 38.8 Å². The van der Waals surface area contributed by atoms with Gasteiger partial charge >= 0.3 is 0 Å². The van der Waals surface area contributed by atoms with Gasteiger partial charge < -0.3 is 20.9 Å². The molecule has 0 saturated carbocycles. The maximum atomic E-state index is 14.4. The highest BCUT2D eigenvalue weighted by molar-refractivity contribution is 5.90. The van der Waals surface area contributed by atoms with Crippen molar-refractivity contribution in [2.75, 3.05) is 30.8 Å². The number of rotatable bonds is 5. The Kier molecular flexibility index (Phi) is 6.08. The van der Waals surface area contributed by atoms with Gasteiger partial charge in [-0.25, -0.2) is 4.39 Å². The number of nitrogens with two attached hydrogens (primary N) is 1. The van der Waals surface area contributed by atoms with E-state index in [2.05, 4.69) is 60.5 Å². The molecule has 6 nitrogen and oxygen atoms in total. The lowest BCUT2D eigenvalue weighted by Crippen LogP contribution is -2.67. The molecule has 0 aliphatic carbocycles. The number of nitrogens with one attached hydrogen (secondary N) is 2. The lowest BCUT2D eigenvalue weighted by Gasteiger charge is -2.48. The molecule has 0 bridgehead atoms. The monoisotopic (exact) mass is 460 g/mol. The Bertz CT molecular complexity index is 1240. The van der Waals surface area contributed by atoms with Crippen LogP contribution >= 0.6 is 0 Å². The molecule has 1 aliphatic rings. The van der Waals surface area contributed by atoms with Gasteiger partial charge in [0.2, 0.25) is 0 Å². The number of H-pyrrole nitrogens is 1. The van der Waals surface area contributed by atoms with Crippen LogP contribution in [0.25, 0.3) is 28.6 Å². The van der Waals surface area contributed by atoms with E-state index < -0.39 is 5.82 Å². The van der Waals surface area contributed by atoms with E-state index in [1.54, 1.807) is 25.5 Å². The molecule has 2 aromatic heterocycles. The van der Waals surface area contributed by atoms with Crippen molar-refractivity contribution >= 4 is 23.8 Å². The summed E-state index contributed by atoms with van der Waals surface area (Å²) >= 11 is 0. The predicted molar refractivity (Wildman–Crippen MR) is 141 cm³/mol. The smallest absolute Gasteiger partial charge is 0.147 e. The number of aromatic nitrogens is 2. The van der Waals surface area contributed by atoms with Crippen LogP contribution in [0.1, 0.15) is 38.8 Å². The van der Waals surface area contributed by atoms with Gasteiger partial charge in [-0.3, -0.25) is 9.98 Å². The molecule has 0 amide bonds. The topological polar surface area (TPSA) is 82.3 Å². The highest BCUT2D eigenvalue weighted by atomic mass is 19.1. The molecule has 0 spiro atoms. The average Bonchev–Trinajstić information content (AvgIpc) is 3.24. The van der Waals surface area contributed by atoms with Crippen molar-refractivity contribution in [2.24, 2.45) is 4.99 Å². The number of anilines is 2. The number of aromatic amines is 1. The Hall–Kier alpha value is -3.45. The fourth-order valence-electron chi connectivity index (χ4n) is 4.95. The van der Waals surface area contributed by atoms with E-state index >= 15 is 0 Å². The van der Waals surface area contributed by atoms with Crippen molar-refractivity contribution in [1.82, 2.24) is 15.3 Å². The van der Waals surface area contributed by atoms with Crippen molar-refractivity contribution in [3.8, 4) is 22.5 Å². The molecule has 7 heteroatoms. The Balaban J connectivity index is 1.68. The molecule has 3 aromatic rings. The second-order valence-corrected chi connectivity index (χ2v) is 10.2. The summed E-state index contributed by atoms with van der Waals surface area (Å²) in [6, 6.07) is 9.35. The molecule has 1 saturated heterocycles. The minimum atomic E-state index is -0.479. The highest BCUT2D eigenvalue weighted by Crippen LogP contribution is 2.32. The number of nitrogens with zero attached hydrogens (tertiary/aromatic N) is 3. The van der Waals surface area contributed by atoms with Crippen LogP contribution in [-0.4, -0.2) is 47.4 Å². The Labute approximate surface area is 200 Å². The third-order valence-electron chi connectivity index (χ3n) is 6.02. The number of nitrogen functional groups attached to an aromatic ring is 1. The number of pyridine rings is 1. The van der Waals surface area contributed by atoms with Crippen LogP contribution in [0.4, 0.5) is 15.9 Å². The van der Waals surface area contributed by atoms with Crippen LogP contribution in [0.5, 0.6) is 0 Å². The molecule has 34 heavy (non-hydrogen) atoms. The summed E-state index contributed by atoms with van der Waals surface area (Å²) in [5.41, 5.74) is 10.5. The molecule has 0 unspecified atom stereocenters. The molecule has 0 atom stereocenters. The van der Waals surface area contributed by atoms with Gasteiger partial charge in [-0.2, -0.15) is 0 Å². The summed E-state index contributed by atoms with van der Waals surface area (Å²) in [7, 11) is 1.63. The third-order valence-corrected chi connectivity index (χ3v) is 6.02. The fourth-order valence-corrected chi connectivity index (χ4v) is 4.95. The van der Waals surface area contributed by atoms with E-state index in [0.717, 1.165) is 41.4 Å². The SMILES string of the molecule is C=Cc1cc(-c2cc(F)c(N)c(C=NC)c2)cnc1-c1ccc(N2CC(C)(C)NC(C)(C)C2)[nH]1. The van der Waals surface area contributed by atoms with Gasteiger partial charge in [0, 0.05) is 60.3 Å². The molecule has 4 N–H and O–H groups in total. The van der Waals surface area contributed by atoms with Gasteiger partial charge in [0.05, 0.1) is 17.1 Å². The highest BCUT2D eigenvalue weighted by Gasteiger charge is 2.37. The molecule has 1 aliphatic heterocycles. The number of benzene rings is 1. The fraction of sp³-hybridized carbons (Fsp3) is 0.333. The van der Waals surface area contributed by atoms with E-state index in [9.17, 15) is 4.39 Å². The van der Waals surface area contributed by atoms with E-state index in [1.807, 2.05) is 18.2 Å². The molecular formula is C27H33FN6. The van der Waals surface area contributed by atoms with Gasteiger partial charge in [-0.1, -0.05) is 12.7 Å². The van der Waals surface area contributed by atoms with Crippen molar-refractivity contribution in [3.05, 3.63) is 60.1 Å². The third kappa shape index (κ3) is 4.75. The van der Waals surface area contributed by atoms with Crippen molar-refractivity contribution < 1.29 is 4.39 Å². The molecule has 3 heterocycles. The first-order chi connectivity index (χ1) is 16.0. The summed E-state index contributed by atoms with van der Waals surface area (Å²) in [6.07, 6.45) is 5.07. The molecular weight excluding hydrogens is 427 g/mol. The van der Waals surface area contributed by atoms with E-state index in [1.165, 1.54) is 6.07 Å². The first kappa shape index (κ1) is 23.7. The van der Waals surface area contributed by atoms with Crippen LogP contribution in [0.15, 0.2) is 48.1 Å². The van der Waals surface area contributed by atoms with Crippen LogP contribution in [0.3, 0.4) is 0 Å².